The molecule has 0 aromatic carbocycles. The van der Waals surface area contributed by atoms with Gasteiger partial charge in [0.15, 0.2) is 0 Å². The molecule has 1 aromatic rings. The monoisotopic (exact) mass is 190 g/mol. The molecule has 3 nitrogen and oxygen atoms in total. The quantitative estimate of drug-likeness (QED) is 0.728. The van der Waals surface area contributed by atoms with E-state index in [2.05, 4.69) is 10.3 Å². The van der Waals surface area contributed by atoms with Crippen LogP contribution in [0, 0.1) is 0 Å². The van der Waals surface area contributed by atoms with E-state index in [1.54, 1.807) is 12.3 Å². The van der Waals surface area contributed by atoms with E-state index in [1.807, 2.05) is 6.07 Å². The molecule has 1 fully saturated rings. The number of rotatable bonds is 3. The Bertz CT molecular complexity index is 319. The van der Waals surface area contributed by atoms with E-state index in [-0.39, 0.29) is 0 Å². The molecule has 74 valence electrons. The van der Waals surface area contributed by atoms with Gasteiger partial charge >= 0.3 is 0 Å². The lowest BCUT2D eigenvalue weighted by Crippen LogP contribution is -2.24. The molecule has 1 saturated heterocycles. The summed E-state index contributed by atoms with van der Waals surface area (Å²) in [5, 5.41) is 3.41. The van der Waals surface area contributed by atoms with Gasteiger partial charge in [-0.3, -0.25) is 9.78 Å². The van der Waals surface area contributed by atoms with E-state index in [9.17, 15) is 4.79 Å². The third-order valence-electron chi connectivity index (χ3n) is 2.59. The molecule has 1 aliphatic heterocycles. The Kier molecular flexibility index (Phi) is 2.89. The van der Waals surface area contributed by atoms with Crippen LogP contribution in [0.4, 0.5) is 0 Å². The molecular weight excluding hydrogens is 176 g/mol. The van der Waals surface area contributed by atoms with Gasteiger partial charge in [-0.25, -0.2) is 0 Å². The SMILES string of the molecule is O=Cc1ccnc(CC2CCCN2)c1. The standard InChI is InChI=1S/C11H14N2O/c14-8-9-3-5-13-11(6-9)7-10-2-1-4-12-10/h3,5-6,8,10,12H,1-2,4,7H2. The molecule has 2 heterocycles. The highest BCUT2D eigenvalue weighted by molar-refractivity contribution is 5.74. The Morgan fingerprint density at radius 1 is 1.64 bits per heavy atom. The number of aldehydes is 1. The van der Waals surface area contributed by atoms with Crippen molar-refractivity contribution in [3.05, 3.63) is 29.6 Å². The van der Waals surface area contributed by atoms with Crippen LogP contribution in [0.15, 0.2) is 18.3 Å². The minimum atomic E-state index is 0.546. The second-order valence-electron chi connectivity index (χ2n) is 3.70. The lowest BCUT2D eigenvalue weighted by molar-refractivity contribution is 0.112. The smallest absolute Gasteiger partial charge is 0.150 e. The minimum absolute atomic E-state index is 0.546. The number of nitrogens with one attached hydrogen (secondary N) is 1. The van der Waals surface area contributed by atoms with E-state index in [0.29, 0.717) is 11.6 Å². The molecule has 0 aliphatic carbocycles. The number of carbonyl (C=O) groups is 1. The molecule has 1 N–H and O–H groups in total. The Morgan fingerprint density at radius 3 is 3.29 bits per heavy atom. The number of pyridine rings is 1. The van der Waals surface area contributed by atoms with Crippen molar-refractivity contribution in [3.63, 3.8) is 0 Å². The number of nitrogens with zero attached hydrogens (tertiary/aromatic N) is 1. The van der Waals surface area contributed by atoms with Crippen LogP contribution < -0.4 is 5.32 Å². The highest BCUT2D eigenvalue weighted by Crippen LogP contribution is 2.10. The first-order chi connectivity index (χ1) is 6.88. The topological polar surface area (TPSA) is 42.0 Å². The molecule has 14 heavy (non-hydrogen) atoms. The summed E-state index contributed by atoms with van der Waals surface area (Å²) >= 11 is 0. The second-order valence-corrected chi connectivity index (χ2v) is 3.70. The Hall–Kier alpha value is -1.22. The fraction of sp³-hybridized carbons (Fsp3) is 0.455. The van der Waals surface area contributed by atoms with Crippen molar-refractivity contribution >= 4 is 6.29 Å². The van der Waals surface area contributed by atoms with Gasteiger partial charge in [-0.15, -0.1) is 0 Å². The largest absolute Gasteiger partial charge is 0.314 e. The third kappa shape index (κ3) is 2.17. The molecule has 0 saturated carbocycles. The van der Waals surface area contributed by atoms with Gasteiger partial charge in [-0.1, -0.05) is 0 Å². The Balaban J connectivity index is 2.04. The minimum Gasteiger partial charge on any atom is -0.314 e. The van der Waals surface area contributed by atoms with E-state index < -0.39 is 0 Å². The van der Waals surface area contributed by atoms with Gasteiger partial charge in [0, 0.05) is 29.9 Å². The first-order valence-electron chi connectivity index (χ1n) is 5.02. The van der Waals surface area contributed by atoms with Crippen LogP contribution in [0.25, 0.3) is 0 Å². The van der Waals surface area contributed by atoms with Crippen molar-refractivity contribution in [1.29, 1.82) is 0 Å². The Morgan fingerprint density at radius 2 is 2.57 bits per heavy atom. The average Bonchev–Trinajstić information content (AvgIpc) is 2.71. The van der Waals surface area contributed by atoms with Gasteiger partial charge in [0.2, 0.25) is 0 Å². The van der Waals surface area contributed by atoms with Crippen molar-refractivity contribution in [3.8, 4) is 0 Å². The number of hydrogen-bond acceptors (Lipinski definition) is 3. The first-order valence-corrected chi connectivity index (χ1v) is 5.02. The molecule has 1 atom stereocenters. The van der Waals surface area contributed by atoms with E-state index in [4.69, 9.17) is 0 Å². The zero-order chi connectivity index (χ0) is 9.80. The third-order valence-corrected chi connectivity index (χ3v) is 2.59. The lowest BCUT2D eigenvalue weighted by atomic mass is 10.1. The van der Waals surface area contributed by atoms with Crippen LogP contribution in [-0.2, 0) is 6.42 Å². The van der Waals surface area contributed by atoms with E-state index >= 15 is 0 Å². The molecule has 1 aliphatic rings. The molecule has 1 unspecified atom stereocenters. The molecule has 2 rings (SSSR count). The van der Waals surface area contributed by atoms with Crippen LogP contribution in [0.3, 0.4) is 0 Å². The first kappa shape index (κ1) is 9.34. The van der Waals surface area contributed by atoms with Crippen molar-refractivity contribution in [2.75, 3.05) is 6.54 Å². The number of hydrogen-bond donors (Lipinski definition) is 1. The highest BCUT2D eigenvalue weighted by atomic mass is 16.1. The van der Waals surface area contributed by atoms with Crippen LogP contribution in [0.5, 0.6) is 0 Å². The van der Waals surface area contributed by atoms with Crippen molar-refractivity contribution in [2.45, 2.75) is 25.3 Å². The molecule has 0 spiro atoms. The summed E-state index contributed by atoms with van der Waals surface area (Å²) in [6, 6.07) is 4.15. The summed E-state index contributed by atoms with van der Waals surface area (Å²) in [6.07, 6.45) is 5.97. The normalized spacial score (nSPS) is 21.0. The maximum absolute atomic E-state index is 10.6. The summed E-state index contributed by atoms with van der Waals surface area (Å²) < 4.78 is 0. The van der Waals surface area contributed by atoms with Crippen LogP contribution in [-0.4, -0.2) is 23.9 Å². The van der Waals surface area contributed by atoms with Crippen molar-refractivity contribution < 1.29 is 4.79 Å². The maximum Gasteiger partial charge on any atom is 0.150 e. The molecular formula is C11H14N2O. The van der Waals surface area contributed by atoms with Gasteiger partial charge in [-0.2, -0.15) is 0 Å². The average molecular weight is 190 g/mol. The summed E-state index contributed by atoms with van der Waals surface area (Å²) in [4.78, 5) is 14.8. The summed E-state index contributed by atoms with van der Waals surface area (Å²) in [5.74, 6) is 0. The summed E-state index contributed by atoms with van der Waals surface area (Å²) in [7, 11) is 0. The Labute approximate surface area is 83.5 Å². The van der Waals surface area contributed by atoms with Gasteiger partial charge in [-0.05, 0) is 31.5 Å². The molecule has 3 heteroatoms. The van der Waals surface area contributed by atoms with Crippen molar-refractivity contribution in [1.82, 2.24) is 10.3 Å². The molecule has 0 bridgehead atoms. The number of aromatic nitrogens is 1. The van der Waals surface area contributed by atoms with Crippen LogP contribution in [0.2, 0.25) is 0 Å². The van der Waals surface area contributed by atoms with Crippen molar-refractivity contribution in [2.24, 2.45) is 0 Å². The zero-order valence-corrected chi connectivity index (χ0v) is 8.07. The van der Waals surface area contributed by atoms with Gasteiger partial charge in [0.1, 0.15) is 6.29 Å². The van der Waals surface area contributed by atoms with Gasteiger partial charge in [0.25, 0.3) is 0 Å². The van der Waals surface area contributed by atoms with E-state index in [1.165, 1.54) is 12.8 Å². The lowest BCUT2D eigenvalue weighted by Gasteiger charge is -2.08. The predicted molar refractivity (Wildman–Crippen MR) is 54.4 cm³/mol. The molecule has 0 radical (unpaired) electrons. The molecule has 1 aromatic heterocycles. The predicted octanol–water partition coefficient (Wildman–Crippen LogP) is 1.19. The van der Waals surface area contributed by atoms with Gasteiger partial charge in [0.05, 0.1) is 0 Å². The maximum atomic E-state index is 10.6. The fourth-order valence-electron chi connectivity index (χ4n) is 1.87. The van der Waals surface area contributed by atoms with E-state index in [0.717, 1.165) is 24.9 Å². The number of carbonyl (C=O) groups excluding carboxylic acids is 1. The zero-order valence-electron chi connectivity index (χ0n) is 8.07. The highest BCUT2D eigenvalue weighted by Gasteiger charge is 2.14. The van der Waals surface area contributed by atoms with Gasteiger partial charge < -0.3 is 5.32 Å². The fourth-order valence-corrected chi connectivity index (χ4v) is 1.87. The summed E-state index contributed by atoms with van der Waals surface area (Å²) in [5.41, 5.74) is 1.72. The molecule has 0 amide bonds. The second kappa shape index (κ2) is 4.33. The van der Waals surface area contributed by atoms with Crippen LogP contribution >= 0.6 is 0 Å². The summed E-state index contributed by atoms with van der Waals surface area (Å²) in [6.45, 7) is 1.11. The van der Waals surface area contributed by atoms with Crippen LogP contribution in [0.1, 0.15) is 28.9 Å².